The SMILES string of the molecule is CC.CC.CC.CC1Cc2ccccc2N1C.CCC. The molecular formula is C19H39N. The summed E-state index contributed by atoms with van der Waals surface area (Å²) in [6.45, 7) is 18.5. The molecule has 0 amide bonds. The molecule has 1 aromatic carbocycles. The summed E-state index contributed by atoms with van der Waals surface area (Å²) in [7, 11) is 2.16. The van der Waals surface area contributed by atoms with Crippen LogP contribution in [0, 0.1) is 0 Å². The van der Waals surface area contributed by atoms with Crippen LogP contribution in [0.1, 0.15) is 74.3 Å². The predicted octanol–water partition coefficient (Wildman–Crippen LogP) is 6.56. The molecule has 1 nitrogen and oxygen atoms in total. The number of para-hydroxylation sites is 1. The van der Waals surface area contributed by atoms with Gasteiger partial charge in [-0.2, -0.15) is 0 Å². The number of benzene rings is 1. The third kappa shape index (κ3) is 9.01. The van der Waals surface area contributed by atoms with E-state index in [0.29, 0.717) is 6.04 Å². The van der Waals surface area contributed by atoms with E-state index in [1.54, 1.807) is 0 Å². The van der Waals surface area contributed by atoms with Gasteiger partial charge in [0.15, 0.2) is 0 Å². The molecule has 1 unspecified atom stereocenters. The summed E-state index contributed by atoms with van der Waals surface area (Å²) in [5.74, 6) is 0. The molecule has 0 aliphatic carbocycles. The van der Waals surface area contributed by atoms with Crippen LogP contribution in [0.25, 0.3) is 0 Å². The molecule has 0 bridgehead atoms. The molecule has 0 N–H and O–H groups in total. The van der Waals surface area contributed by atoms with Gasteiger partial charge in [0.1, 0.15) is 0 Å². The topological polar surface area (TPSA) is 3.24 Å². The van der Waals surface area contributed by atoms with E-state index in [1.807, 2.05) is 41.5 Å². The molecule has 0 saturated carbocycles. The molecule has 1 aliphatic rings. The lowest BCUT2D eigenvalue weighted by molar-refractivity contribution is 0.732. The number of likely N-dealkylation sites (N-methyl/N-ethyl adjacent to an activating group) is 1. The zero-order chi connectivity index (χ0) is 16.6. The number of hydrogen-bond acceptors (Lipinski definition) is 1. The highest BCUT2D eigenvalue weighted by Crippen LogP contribution is 2.29. The minimum absolute atomic E-state index is 0.674. The quantitative estimate of drug-likeness (QED) is 0.520. The van der Waals surface area contributed by atoms with Gasteiger partial charge in [-0.3, -0.25) is 0 Å². The zero-order valence-corrected chi connectivity index (χ0v) is 15.7. The number of hydrogen-bond donors (Lipinski definition) is 0. The molecular weight excluding hydrogens is 242 g/mol. The Bertz CT molecular complexity index is 281. The van der Waals surface area contributed by atoms with Crippen molar-refractivity contribution >= 4 is 5.69 Å². The number of rotatable bonds is 0. The Morgan fingerprint density at radius 2 is 1.35 bits per heavy atom. The maximum Gasteiger partial charge on any atom is 0.0399 e. The van der Waals surface area contributed by atoms with Crippen molar-refractivity contribution in [2.45, 2.75) is 81.2 Å². The van der Waals surface area contributed by atoms with Crippen molar-refractivity contribution in [3.63, 3.8) is 0 Å². The number of anilines is 1. The first-order valence-corrected chi connectivity index (χ1v) is 8.51. The monoisotopic (exact) mass is 281 g/mol. The third-order valence-corrected chi connectivity index (χ3v) is 2.55. The van der Waals surface area contributed by atoms with Gasteiger partial charge in [0, 0.05) is 18.8 Å². The standard InChI is InChI=1S/C10H13N.C3H8.3C2H6/c1-8-7-9-5-3-4-6-10(9)11(8)2;1-3-2;3*1-2/h3-6,8H,7H2,1-2H3;3H2,1-2H3;3*1-2H3. The Balaban J connectivity index is -0.000000275. The lowest BCUT2D eigenvalue weighted by Crippen LogP contribution is -2.23. The number of nitrogens with zero attached hydrogens (tertiary/aromatic N) is 1. The van der Waals surface area contributed by atoms with Gasteiger partial charge in [0.05, 0.1) is 0 Å². The molecule has 120 valence electrons. The van der Waals surface area contributed by atoms with Crippen molar-refractivity contribution in [3.05, 3.63) is 29.8 Å². The van der Waals surface area contributed by atoms with E-state index < -0.39 is 0 Å². The van der Waals surface area contributed by atoms with Gasteiger partial charge >= 0.3 is 0 Å². The second-order valence-electron chi connectivity index (χ2n) is 4.00. The first kappa shape index (κ1) is 24.1. The second-order valence-corrected chi connectivity index (χ2v) is 4.00. The largest absolute Gasteiger partial charge is 0.371 e. The third-order valence-electron chi connectivity index (χ3n) is 2.55. The maximum atomic E-state index is 2.34. The maximum absolute atomic E-state index is 2.34. The van der Waals surface area contributed by atoms with Crippen LogP contribution >= 0.6 is 0 Å². The highest BCUT2D eigenvalue weighted by atomic mass is 15.1. The Kier molecular flexibility index (Phi) is 21.7. The highest BCUT2D eigenvalue weighted by Gasteiger charge is 2.21. The lowest BCUT2D eigenvalue weighted by Gasteiger charge is -2.17. The average Bonchev–Trinajstić information content (AvgIpc) is 2.82. The smallest absolute Gasteiger partial charge is 0.0399 e. The Morgan fingerprint density at radius 1 is 0.950 bits per heavy atom. The minimum atomic E-state index is 0.674. The molecule has 1 aromatic rings. The van der Waals surface area contributed by atoms with Crippen LogP contribution in [0.3, 0.4) is 0 Å². The highest BCUT2D eigenvalue weighted by molar-refractivity contribution is 5.58. The van der Waals surface area contributed by atoms with Gasteiger partial charge in [-0.15, -0.1) is 0 Å². The van der Waals surface area contributed by atoms with Crippen LogP contribution in [-0.2, 0) is 6.42 Å². The molecule has 0 fully saturated rings. The molecule has 0 aromatic heterocycles. The van der Waals surface area contributed by atoms with E-state index in [2.05, 4.69) is 57.0 Å². The van der Waals surface area contributed by atoms with Gasteiger partial charge in [-0.25, -0.2) is 0 Å². The molecule has 2 rings (SSSR count). The average molecular weight is 282 g/mol. The van der Waals surface area contributed by atoms with E-state index in [9.17, 15) is 0 Å². The van der Waals surface area contributed by atoms with Crippen molar-refractivity contribution in [3.8, 4) is 0 Å². The summed E-state index contributed by atoms with van der Waals surface area (Å²) in [6, 6.07) is 9.30. The van der Waals surface area contributed by atoms with Crippen molar-refractivity contribution in [1.29, 1.82) is 0 Å². The molecule has 0 saturated heterocycles. The van der Waals surface area contributed by atoms with Crippen LogP contribution in [0.15, 0.2) is 24.3 Å². The molecule has 1 heterocycles. The first-order valence-electron chi connectivity index (χ1n) is 8.51. The Labute approximate surface area is 129 Å². The fourth-order valence-corrected chi connectivity index (χ4v) is 1.72. The van der Waals surface area contributed by atoms with E-state index in [1.165, 1.54) is 24.1 Å². The molecule has 20 heavy (non-hydrogen) atoms. The van der Waals surface area contributed by atoms with E-state index in [0.717, 1.165) is 0 Å². The van der Waals surface area contributed by atoms with E-state index in [4.69, 9.17) is 0 Å². The molecule has 0 radical (unpaired) electrons. The summed E-state index contributed by atoms with van der Waals surface area (Å²) >= 11 is 0. The molecule has 0 spiro atoms. The van der Waals surface area contributed by atoms with Gasteiger partial charge in [-0.05, 0) is 25.0 Å². The van der Waals surface area contributed by atoms with Crippen molar-refractivity contribution in [1.82, 2.24) is 0 Å². The summed E-state index contributed by atoms with van der Waals surface area (Å²) in [4.78, 5) is 2.34. The van der Waals surface area contributed by atoms with Crippen LogP contribution in [0.2, 0.25) is 0 Å². The van der Waals surface area contributed by atoms with Gasteiger partial charge in [0.25, 0.3) is 0 Å². The fraction of sp³-hybridized carbons (Fsp3) is 0.684. The first-order chi connectivity index (χ1) is 9.70. The fourth-order valence-electron chi connectivity index (χ4n) is 1.72. The van der Waals surface area contributed by atoms with Crippen molar-refractivity contribution in [2.24, 2.45) is 0 Å². The van der Waals surface area contributed by atoms with Gasteiger partial charge in [0.2, 0.25) is 0 Å². The predicted molar refractivity (Wildman–Crippen MR) is 98.0 cm³/mol. The van der Waals surface area contributed by atoms with E-state index >= 15 is 0 Å². The van der Waals surface area contributed by atoms with Crippen LogP contribution in [0.5, 0.6) is 0 Å². The summed E-state index contributed by atoms with van der Waals surface area (Å²) in [6.07, 6.45) is 2.45. The Morgan fingerprint density at radius 3 is 1.75 bits per heavy atom. The van der Waals surface area contributed by atoms with Gasteiger partial charge < -0.3 is 4.90 Å². The second kappa shape index (κ2) is 18.0. The van der Waals surface area contributed by atoms with Crippen LogP contribution in [-0.4, -0.2) is 13.1 Å². The molecule has 1 aliphatic heterocycles. The van der Waals surface area contributed by atoms with Gasteiger partial charge in [-0.1, -0.05) is 80.0 Å². The lowest BCUT2D eigenvalue weighted by atomic mass is 10.1. The summed E-state index contributed by atoms with van der Waals surface area (Å²) in [5.41, 5.74) is 2.89. The van der Waals surface area contributed by atoms with E-state index in [-0.39, 0.29) is 0 Å². The van der Waals surface area contributed by atoms with Crippen LogP contribution in [0.4, 0.5) is 5.69 Å². The Hall–Kier alpha value is -0.980. The number of fused-ring (bicyclic) bond motifs is 1. The zero-order valence-electron chi connectivity index (χ0n) is 15.7. The summed E-state index contributed by atoms with van der Waals surface area (Å²) < 4.78 is 0. The van der Waals surface area contributed by atoms with Crippen molar-refractivity contribution in [2.75, 3.05) is 11.9 Å². The summed E-state index contributed by atoms with van der Waals surface area (Å²) in [5, 5.41) is 0. The minimum Gasteiger partial charge on any atom is -0.371 e. The normalized spacial score (nSPS) is 13.9. The van der Waals surface area contributed by atoms with Crippen LogP contribution < -0.4 is 4.90 Å². The molecule has 1 atom stereocenters. The molecule has 1 heteroatoms. The van der Waals surface area contributed by atoms with Crippen molar-refractivity contribution < 1.29 is 0 Å².